The molecule has 3 N–H and O–H groups in total. The second-order valence-corrected chi connectivity index (χ2v) is 5.13. The van der Waals surface area contributed by atoms with Crippen LogP contribution in [0, 0.1) is 5.92 Å². The average Bonchev–Trinajstić information content (AvgIpc) is 3.29. The van der Waals surface area contributed by atoms with Crippen LogP contribution in [0.1, 0.15) is 28.8 Å². The third-order valence-electron chi connectivity index (χ3n) is 3.32. The Bertz CT molecular complexity index is 484. The van der Waals surface area contributed by atoms with Crippen LogP contribution in [-0.2, 0) is 11.3 Å². The van der Waals surface area contributed by atoms with Gasteiger partial charge in [-0.2, -0.15) is 0 Å². The van der Waals surface area contributed by atoms with Crippen molar-refractivity contribution in [1.29, 1.82) is 0 Å². The molecule has 0 bridgehead atoms. The van der Waals surface area contributed by atoms with Crippen molar-refractivity contribution in [3.63, 3.8) is 0 Å². The van der Waals surface area contributed by atoms with E-state index in [1.165, 1.54) is 12.8 Å². The monoisotopic (exact) mass is 275 g/mol. The van der Waals surface area contributed by atoms with Gasteiger partial charge in [-0.05, 0) is 43.0 Å². The summed E-state index contributed by atoms with van der Waals surface area (Å²) >= 11 is 0. The van der Waals surface area contributed by atoms with E-state index < -0.39 is 0 Å². The van der Waals surface area contributed by atoms with E-state index in [4.69, 9.17) is 0 Å². The first-order chi connectivity index (χ1) is 9.69. The van der Waals surface area contributed by atoms with Crippen molar-refractivity contribution in [3.8, 4) is 0 Å². The van der Waals surface area contributed by atoms with Crippen LogP contribution < -0.4 is 16.0 Å². The number of carbonyl (C=O) groups is 2. The first-order valence-electron chi connectivity index (χ1n) is 6.97. The highest BCUT2D eigenvalue weighted by Crippen LogP contribution is 2.27. The van der Waals surface area contributed by atoms with Crippen LogP contribution in [0.15, 0.2) is 24.3 Å². The molecule has 0 radical (unpaired) electrons. The Morgan fingerprint density at radius 2 is 2.10 bits per heavy atom. The highest BCUT2D eigenvalue weighted by molar-refractivity contribution is 5.94. The molecule has 1 aliphatic rings. The molecule has 1 aromatic rings. The van der Waals surface area contributed by atoms with E-state index in [1.807, 2.05) is 12.1 Å². The second kappa shape index (κ2) is 7.05. The van der Waals surface area contributed by atoms with Gasteiger partial charge in [0.1, 0.15) is 0 Å². The summed E-state index contributed by atoms with van der Waals surface area (Å²) in [6.07, 6.45) is 2.56. The number of hydrogen-bond acceptors (Lipinski definition) is 3. The summed E-state index contributed by atoms with van der Waals surface area (Å²) in [5.74, 6) is 0.632. The Balaban J connectivity index is 1.74. The third kappa shape index (κ3) is 4.66. The molecule has 5 nitrogen and oxygen atoms in total. The molecule has 0 spiro atoms. The maximum Gasteiger partial charge on any atom is 0.251 e. The SMILES string of the molecule is CNC(=O)c1cccc(CNC(=O)CNCC2CC2)c1. The van der Waals surface area contributed by atoms with Crippen molar-refractivity contribution in [2.24, 2.45) is 5.92 Å². The van der Waals surface area contributed by atoms with E-state index in [1.54, 1.807) is 19.2 Å². The molecule has 2 rings (SSSR count). The predicted molar refractivity (Wildman–Crippen MR) is 77.3 cm³/mol. The molecule has 0 aromatic heterocycles. The summed E-state index contributed by atoms with van der Waals surface area (Å²) < 4.78 is 0. The minimum Gasteiger partial charge on any atom is -0.355 e. The van der Waals surface area contributed by atoms with Crippen LogP contribution in [0.2, 0.25) is 0 Å². The smallest absolute Gasteiger partial charge is 0.251 e. The van der Waals surface area contributed by atoms with Crippen LogP contribution in [-0.4, -0.2) is 32.0 Å². The summed E-state index contributed by atoms with van der Waals surface area (Å²) in [6.45, 7) is 1.72. The Kier molecular flexibility index (Phi) is 5.12. The highest BCUT2D eigenvalue weighted by atomic mass is 16.2. The summed E-state index contributed by atoms with van der Waals surface area (Å²) in [7, 11) is 1.60. The largest absolute Gasteiger partial charge is 0.355 e. The van der Waals surface area contributed by atoms with E-state index in [9.17, 15) is 9.59 Å². The van der Waals surface area contributed by atoms with Crippen molar-refractivity contribution in [3.05, 3.63) is 35.4 Å². The van der Waals surface area contributed by atoms with E-state index in [2.05, 4.69) is 16.0 Å². The van der Waals surface area contributed by atoms with Gasteiger partial charge in [0, 0.05) is 19.2 Å². The summed E-state index contributed by atoms with van der Waals surface area (Å²) in [5.41, 5.74) is 1.52. The highest BCUT2D eigenvalue weighted by Gasteiger charge is 2.20. The minimum atomic E-state index is -0.121. The third-order valence-corrected chi connectivity index (χ3v) is 3.32. The van der Waals surface area contributed by atoms with Gasteiger partial charge in [-0.1, -0.05) is 12.1 Å². The number of amides is 2. The first kappa shape index (κ1) is 14.5. The zero-order chi connectivity index (χ0) is 14.4. The Morgan fingerprint density at radius 1 is 1.30 bits per heavy atom. The van der Waals surface area contributed by atoms with Crippen LogP contribution in [0.3, 0.4) is 0 Å². The van der Waals surface area contributed by atoms with Gasteiger partial charge in [-0.25, -0.2) is 0 Å². The number of rotatable bonds is 7. The number of hydrogen-bond donors (Lipinski definition) is 3. The number of carbonyl (C=O) groups excluding carboxylic acids is 2. The summed E-state index contributed by atoms with van der Waals surface area (Å²) in [6, 6.07) is 7.25. The standard InChI is InChI=1S/C15H21N3O2/c1-16-15(20)13-4-2-3-12(7-13)9-18-14(19)10-17-8-11-5-6-11/h2-4,7,11,17H,5-6,8-10H2,1H3,(H,16,20)(H,18,19). The fourth-order valence-electron chi connectivity index (χ4n) is 1.94. The fraction of sp³-hybridized carbons (Fsp3) is 0.467. The maximum absolute atomic E-state index is 11.6. The van der Waals surface area contributed by atoms with Gasteiger partial charge in [0.15, 0.2) is 0 Å². The maximum atomic E-state index is 11.6. The molecule has 108 valence electrons. The van der Waals surface area contributed by atoms with Crippen molar-refractivity contribution < 1.29 is 9.59 Å². The van der Waals surface area contributed by atoms with Gasteiger partial charge < -0.3 is 16.0 Å². The molecule has 1 fully saturated rings. The topological polar surface area (TPSA) is 70.2 Å². The van der Waals surface area contributed by atoms with E-state index >= 15 is 0 Å². The van der Waals surface area contributed by atoms with Crippen LogP contribution in [0.25, 0.3) is 0 Å². The van der Waals surface area contributed by atoms with Gasteiger partial charge in [-0.15, -0.1) is 0 Å². The molecule has 0 heterocycles. The van der Waals surface area contributed by atoms with Crippen molar-refractivity contribution >= 4 is 11.8 Å². The predicted octanol–water partition coefficient (Wildman–Crippen LogP) is 0.662. The van der Waals surface area contributed by atoms with Crippen LogP contribution in [0.4, 0.5) is 0 Å². The van der Waals surface area contributed by atoms with Crippen LogP contribution in [0.5, 0.6) is 0 Å². The lowest BCUT2D eigenvalue weighted by Gasteiger charge is -2.07. The van der Waals surface area contributed by atoms with Crippen LogP contribution >= 0.6 is 0 Å². The molecule has 0 aliphatic heterocycles. The normalized spacial score (nSPS) is 13.8. The molecule has 1 aliphatic carbocycles. The van der Waals surface area contributed by atoms with Gasteiger partial charge in [-0.3, -0.25) is 9.59 Å². The molecule has 5 heteroatoms. The molecule has 0 unspecified atom stereocenters. The lowest BCUT2D eigenvalue weighted by molar-refractivity contribution is -0.120. The van der Waals surface area contributed by atoms with Gasteiger partial charge in [0.25, 0.3) is 5.91 Å². The number of benzene rings is 1. The molecule has 0 atom stereocenters. The van der Waals surface area contributed by atoms with Gasteiger partial charge >= 0.3 is 0 Å². The van der Waals surface area contributed by atoms with Crippen molar-refractivity contribution in [2.45, 2.75) is 19.4 Å². The molecular weight excluding hydrogens is 254 g/mol. The van der Waals surface area contributed by atoms with Crippen molar-refractivity contribution in [2.75, 3.05) is 20.1 Å². The van der Waals surface area contributed by atoms with Crippen molar-refractivity contribution in [1.82, 2.24) is 16.0 Å². The van der Waals surface area contributed by atoms with E-state index in [0.29, 0.717) is 18.7 Å². The number of nitrogens with one attached hydrogen (secondary N) is 3. The Labute approximate surface area is 119 Å². The summed E-state index contributed by atoms with van der Waals surface area (Å²) in [5, 5.41) is 8.57. The summed E-state index contributed by atoms with van der Waals surface area (Å²) in [4.78, 5) is 23.1. The molecule has 20 heavy (non-hydrogen) atoms. The zero-order valence-corrected chi connectivity index (χ0v) is 11.7. The Morgan fingerprint density at radius 3 is 2.80 bits per heavy atom. The fourth-order valence-corrected chi connectivity index (χ4v) is 1.94. The van der Waals surface area contributed by atoms with Gasteiger partial charge in [0.2, 0.25) is 5.91 Å². The average molecular weight is 275 g/mol. The molecule has 0 saturated heterocycles. The lowest BCUT2D eigenvalue weighted by Crippen LogP contribution is -2.34. The second-order valence-electron chi connectivity index (χ2n) is 5.13. The van der Waals surface area contributed by atoms with E-state index in [0.717, 1.165) is 18.0 Å². The van der Waals surface area contributed by atoms with E-state index in [-0.39, 0.29) is 11.8 Å². The lowest BCUT2D eigenvalue weighted by atomic mass is 10.1. The molecule has 2 amide bonds. The first-order valence-corrected chi connectivity index (χ1v) is 6.97. The molecule has 1 aromatic carbocycles. The molecule has 1 saturated carbocycles. The van der Waals surface area contributed by atoms with Gasteiger partial charge in [0.05, 0.1) is 6.54 Å². The quantitative estimate of drug-likeness (QED) is 0.685. The minimum absolute atomic E-state index is 0.0176. The molecular formula is C15H21N3O2. The Hall–Kier alpha value is -1.88. The zero-order valence-electron chi connectivity index (χ0n) is 11.7.